The zero-order valence-electron chi connectivity index (χ0n) is 15.9. The SMILES string of the molecule is N#Cc1ccc(NC(=O)CCN2CCCC(C(=O)Nc3ccc(Br)cn3)C2)cc1. The van der Waals surface area contributed by atoms with E-state index in [9.17, 15) is 9.59 Å². The normalized spacial score (nSPS) is 16.6. The minimum atomic E-state index is -0.115. The van der Waals surface area contributed by atoms with Crippen molar-refractivity contribution in [3.8, 4) is 6.07 Å². The van der Waals surface area contributed by atoms with Crippen LogP contribution in [0.5, 0.6) is 0 Å². The van der Waals surface area contributed by atoms with Crippen molar-refractivity contribution >= 4 is 39.2 Å². The summed E-state index contributed by atoms with van der Waals surface area (Å²) >= 11 is 3.32. The van der Waals surface area contributed by atoms with Crippen molar-refractivity contribution in [3.63, 3.8) is 0 Å². The number of likely N-dealkylation sites (tertiary alicyclic amines) is 1. The fourth-order valence-corrected chi connectivity index (χ4v) is 3.50. The number of aromatic nitrogens is 1. The van der Waals surface area contributed by atoms with Crippen molar-refractivity contribution in [1.82, 2.24) is 9.88 Å². The van der Waals surface area contributed by atoms with Gasteiger partial charge in [-0.3, -0.25) is 9.59 Å². The molecule has 0 saturated carbocycles. The second-order valence-corrected chi connectivity index (χ2v) is 7.89. The van der Waals surface area contributed by atoms with E-state index >= 15 is 0 Å². The van der Waals surface area contributed by atoms with Crippen LogP contribution in [-0.4, -0.2) is 41.3 Å². The van der Waals surface area contributed by atoms with Crippen LogP contribution >= 0.6 is 15.9 Å². The van der Waals surface area contributed by atoms with Crippen LogP contribution in [0.1, 0.15) is 24.8 Å². The lowest BCUT2D eigenvalue weighted by Crippen LogP contribution is -2.41. The number of rotatable bonds is 6. The van der Waals surface area contributed by atoms with Crippen molar-refractivity contribution < 1.29 is 9.59 Å². The monoisotopic (exact) mass is 455 g/mol. The summed E-state index contributed by atoms with van der Waals surface area (Å²) in [5.74, 6) is 0.305. The molecule has 0 radical (unpaired) electrons. The van der Waals surface area contributed by atoms with Gasteiger partial charge in [0.15, 0.2) is 0 Å². The summed E-state index contributed by atoms with van der Waals surface area (Å²) < 4.78 is 0.860. The number of pyridine rings is 1. The second kappa shape index (κ2) is 10.1. The Labute approximate surface area is 178 Å². The number of benzene rings is 1. The van der Waals surface area contributed by atoms with Crippen molar-refractivity contribution in [2.45, 2.75) is 19.3 Å². The van der Waals surface area contributed by atoms with Crippen molar-refractivity contribution in [2.24, 2.45) is 5.92 Å². The number of anilines is 2. The van der Waals surface area contributed by atoms with Gasteiger partial charge in [0.05, 0.1) is 17.6 Å². The topological polar surface area (TPSA) is 98.1 Å². The standard InChI is InChI=1S/C21H22BrN5O2/c22-17-5-8-19(24-13-17)26-21(29)16-2-1-10-27(14-16)11-9-20(28)25-18-6-3-15(12-23)4-7-18/h3-8,13,16H,1-2,9-11,14H2,(H,25,28)(H,24,26,29). The molecule has 1 aromatic heterocycles. The van der Waals surface area contributed by atoms with Gasteiger partial charge in [-0.15, -0.1) is 0 Å². The van der Waals surface area contributed by atoms with Crippen molar-refractivity contribution in [3.05, 3.63) is 52.6 Å². The molecular formula is C21H22BrN5O2. The van der Waals surface area contributed by atoms with Crippen molar-refractivity contribution in [2.75, 3.05) is 30.3 Å². The summed E-state index contributed by atoms with van der Waals surface area (Å²) in [6.07, 6.45) is 3.75. The number of amides is 2. The Bertz CT molecular complexity index is 893. The molecule has 1 unspecified atom stereocenters. The smallest absolute Gasteiger partial charge is 0.229 e. The number of carbonyl (C=O) groups is 2. The molecule has 1 aromatic carbocycles. The maximum atomic E-state index is 12.5. The van der Waals surface area contributed by atoms with Gasteiger partial charge in [0.1, 0.15) is 5.82 Å². The summed E-state index contributed by atoms with van der Waals surface area (Å²) in [6.45, 7) is 2.11. The van der Waals surface area contributed by atoms with Crippen LogP contribution in [-0.2, 0) is 9.59 Å². The number of hydrogen-bond acceptors (Lipinski definition) is 5. The molecule has 29 heavy (non-hydrogen) atoms. The van der Waals surface area contributed by atoms with E-state index in [2.05, 4.69) is 36.4 Å². The summed E-state index contributed by atoms with van der Waals surface area (Å²) in [6, 6.07) is 12.4. The Morgan fingerprint density at radius 2 is 2.00 bits per heavy atom. The third-order valence-corrected chi connectivity index (χ3v) is 5.28. The van der Waals surface area contributed by atoms with Crippen LogP contribution < -0.4 is 10.6 Å². The highest BCUT2D eigenvalue weighted by atomic mass is 79.9. The van der Waals surface area contributed by atoms with Gasteiger partial charge in [-0.25, -0.2) is 4.98 Å². The van der Waals surface area contributed by atoms with Crippen LogP contribution in [0, 0.1) is 17.2 Å². The lowest BCUT2D eigenvalue weighted by atomic mass is 9.97. The number of hydrogen-bond donors (Lipinski definition) is 2. The lowest BCUT2D eigenvalue weighted by Gasteiger charge is -2.31. The molecule has 8 heteroatoms. The summed E-state index contributed by atoms with van der Waals surface area (Å²) in [4.78, 5) is 31.1. The molecule has 3 rings (SSSR count). The van der Waals surface area contributed by atoms with Gasteiger partial charge in [-0.2, -0.15) is 5.26 Å². The van der Waals surface area contributed by atoms with E-state index in [1.54, 1.807) is 36.5 Å². The first-order chi connectivity index (χ1) is 14.0. The predicted octanol–water partition coefficient (Wildman–Crippen LogP) is 3.40. The van der Waals surface area contributed by atoms with Gasteiger partial charge in [-0.05, 0) is 71.7 Å². The highest BCUT2D eigenvalue weighted by Crippen LogP contribution is 2.19. The van der Waals surface area contributed by atoms with Crippen LogP contribution in [0.3, 0.4) is 0 Å². The Balaban J connectivity index is 1.45. The summed E-state index contributed by atoms with van der Waals surface area (Å²) in [7, 11) is 0. The number of nitriles is 1. The zero-order chi connectivity index (χ0) is 20.6. The molecule has 2 N–H and O–H groups in total. The molecular weight excluding hydrogens is 434 g/mol. The fourth-order valence-electron chi connectivity index (χ4n) is 3.26. The third-order valence-electron chi connectivity index (χ3n) is 4.81. The minimum absolute atomic E-state index is 0.0356. The van der Waals surface area contributed by atoms with Crippen LogP contribution in [0.4, 0.5) is 11.5 Å². The third kappa shape index (κ3) is 6.38. The largest absolute Gasteiger partial charge is 0.326 e. The molecule has 0 spiro atoms. The molecule has 0 aliphatic carbocycles. The number of nitrogens with zero attached hydrogens (tertiary/aromatic N) is 3. The quantitative estimate of drug-likeness (QED) is 0.695. The Morgan fingerprint density at radius 3 is 2.69 bits per heavy atom. The average molecular weight is 456 g/mol. The van der Waals surface area contributed by atoms with E-state index in [0.717, 1.165) is 23.9 Å². The van der Waals surface area contributed by atoms with Gasteiger partial charge in [-0.1, -0.05) is 0 Å². The molecule has 2 aromatic rings. The number of carbonyl (C=O) groups excluding carboxylic acids is 2. The van der Waals surface area contributed by atoms with Crippen molar-refractivity contribution in [1.29, 1.82) is 5.26 Å². The highest BCUT2D eigenvalue weighted by molar-refractivity contribution is 9.10. The first kappa shape index (κ1) is 21.0. The second-order valence-electron chi connectivity index (χ2n) is 6.98. The first-order valence-corrected chi connectivity index (χ1v) is 10.3. The molecule has 1 aliphatic heterocycles. The van der Waals surface area contributed by atoms with E-state index < -0.39 is 0 Å². The molecule has 0 bridgehead atoms. The molecule has 150 valence electrons. The molecule has 1 aliphatic rings. The lowest BCUT2D eigenvalue weighted by molar-refractivity contribution is -0.121. The Hall–Kier alpha value is -2.76. The summed E-state index contributed by atoms with van der Waals surface area (Å²) in [5.41, 5.74) is 1.23. The van der Waals surface area contributed by atoms with Crippen LogP contribution in [0.25, 0.3) is 0 Å². The maximum Gasteiger partial charge on any atom is 0.229 e. The molecule has 7 nitrogen and oxygen atoms in total. The Morgan fingerprint density at radius 1 is 1.21 bits per heavy atom. The zero-order valence-corrected chi connectivity index (χ0v) is 17.5. The van der Waals surface area contributed by atoms with Crippen LogP contribution in [0.2, 0.25) is 0 Å². The van der Waals surface area contributed by atoms with Gasteiger partial charge >= 0.3 is 0 Å². The van der Waals surface area contributed by atoms with E-state index in [0.29, 0.717) is 36.6 Å². The van der Waals surface area contributed by atoms with Gasteiger partial charge in [0, 0.05) is 35.9 Å². The molecule has 1 fully saturated rings. The van der Waals surface area contributed by atoms with E-state index in [4.69, 9.17) is 5.26 Å². The average Bonchev–Trinajstić information content (AvgIpc) is 2.74. The fraction of sp³-hybridized carbons (Fsp3) is 0.333. The van der Waals surface area contributed by atoms with E-state index in [1.165, 1.54) is 0 Å². The molecule has 2 heterocycles. The van der Waals surface area contributed by atoms with Gasteiger partial charge < -0.3 is 15.5 Å². The molecule has 1 saturated heterocycles. The number of piperidine rings is 1. The van der Waals surface area contributed by atoms with Crippen LogP contribution in [0.15, 0.2) is 47.1 Å². The Kier molecular flexibility index (Phi) is 7.33. The number of halogens is 1. The number of nitrogens with one attached hydrogen (secondary N) is 2. The first-order valence-electron chi connectivity index (χ1n) is 9.48. The van der Waals surface area contributed by atoms with E-state index in [-0.39, 0.29) is 17.7 Å². The maximum absolute atomic E-state index is 12.5. The molecule has 2 amide bonds. The summed E-state index contributed by atoms with van der Waals surface area (Å²) in [5, 5.41) is 14.5. The highest BCUT2D eigenvalue weighted by Gasteiger charge is 2.26. The molecule has 1 atom stereocenters. The van der Waals surface area contributed by atoms with Gasteiger partial charge in [0.25, 0.3) is 0 Å². The van der Waals surface area contributed by atoms with E-state index in [1.807, 2.05) is 12.1 Å². The van der Waals surface area contributed by atoms with Gasteiger partial charge in [0.2, 0.25) is 11.8 Å². The predicted molar refractivity (Wildman–Crippen MR) is 114 cm³/mol. The minimum Gasteiger partial charge on any atom is -0.326 e.